The third kappa shape index (κ3) is 3.18. The first-order chi connectivity index (χ1) is 14.4. The van der Waals surface area contributed by atoms with Crippen molar-refractivity contribution < 1.29 is 26.5 Å². The van der Waals surface area contributed by atoms with E-state index < -0.39 is 41.2 Å². The molecule has 1 heterocycles. The second-order valence-electron chi connectivity index (χ2n) is 6.68. The standard InChI is InChI=1S/C22H13F5N3/c23-18-15(19(24)21(26)22(27)20(18)25)11-30-12-29(16-7-3-4-8-17(16)30)10-14-6-2-1-5-13(14)9-28/h1-8,12H,10-11H2/q+1. The van der Waals surface area contributed by atoms with Crippen LogP contribution in [0, 0.1) is 40.4 Å². The highest BCUT2D eigenvalue weighted by Crippen LogP contribution is 2.25. The van der Waals surface area contributed by atoms with Crippen molar-refractivity contribution in [2.45, 2.75) is 13.1 Å². The van der Waals surface area contributed by atoms with Crippen molar-refractivity contribution >= 4 is 11.0 Å². The topological polar surface area (TPSA) is 32.6 Å². The molecule has 3 aromatic carbocycles. The van der Waals surface area contributed by atoms with Gasteiger partial charge < -0.3 is 0 Å². The van der Waals surface area contributed by atoms with Gasteiger partial charge in [-0.2, -0.15) is 5.26 Å². The van der Waals surface area contributed by atoms with Crippen LogP contribution in [0.4, 0.5) is 22.0 Å². The van der Waals surface area contributed by atoms with Crippen LogP contribution in [-0.4, -0.2) is 4.57 Å². The van der Waals surface area contributed by atoms with E-state index in [4.69, 9.17) is 0 Å². The second kappa shape index (κ2) is 7.59. The molecule has 0 aliphatic carbocycles. The molecule has 8 heteroatoms. The van der Waals surface area contributed by atoms with Crippen molar-refractivity contribution in [3.63, 3.8) is 0 Å². The van der Waals surface area contributed by atoms with E-state index in [0.717, 1.165) is 5.56 Å². The molecule has 0 saturated heterocycles. The number of imidazole rings is 1. The molecule has 3 nitrogen and oxygen atoms in total. The van der Waals surface area contributed by atoms with E-state index in [1.54, 1.807) is 53.1 Å². The minimum atomic E-state index is -2.19. The van der Waals surface area contributed by atoms with Gasteiger partial charge in [0.15, 0.2) is 34.3 Å². The Morgan fingerprint density at radius 1 is 0.800 bits per heavy atom. The monoisotopic (exact) mass is 414 g/mol. The fourth-order valence-corrected chi connectivity index (χ4v) is 3.40. The summed E-state index contributed by atoms with van der Waals surface area (Å²) in [7, 11) is 0. The van der Waals surface area contributed by atoms with Crippen LogP contribution in [0.1, 0.15) is 16.7 Å². The quantitative estimate of drug-likeness (QED) is 0.208. The highest BCUT2D eigenvalue weighted by Gasteiger charge is 2.28. The summed E-state index contributed by atoms with van der Waals surface area (Å²) in [5, 5.41) is 9.30. The molecule has 4 aromatic rings. The highest BCUT2D eigenvalue weighted by molar-refractivity contribution is 5.71. The Morgan fingerprint density at radius 2 is 1.40 bits per heavy atom. The molecule has 0 aliphatic rings. The van der Waals surface area contributed by atoms with Crippen molar-refractivity contribution in [2.24, 2.45) is 0 Å². The Hall–Kier alpha value is -3.73. The average Bonchev–Trinajstić information content (AvgIpc) is 3.11. The van der Waals surface area contributed by atoms with E-state index in [0.29, 0.717) is 16.6 Å². The first kappa shape index (κ1) is 19.6. The SMILES string of the molecule is N#Cc1ccccc1C[n+]1cn(Cc2c(F)c(F)c(F)c(F)c2F)c2ccccc21. The lowest BCUT2D eigenvalue weighted by atomic mass is 10.1. The van der Waals surface area contributed by atoms with E-state index in [9.17, 15) is 27.2 Å². The number of rotatable bonds is 4. The van der Waals surface area contributed by atoms with Gasteiger partial charge in [0.05, 0.1) is 17.2 Å². The number of hydrogen-bond acceptors (Lipinski definition) is 1. The zero-order valence-corrected chi connectivity index (χ0v) is 15.3. The second-order valence-corrected chi connectivity index (χ2v) is 6.68. The number of para-hydroxylation sites is 2. The molecular formula is C22H13F5N3+. The highest BCUT2D eigenvalue weighted by atomic mass is 19.2. The zero-order chi connectivity index (χ0) is 21.4. The number of benzene rings is 3. The van der Waals surface area contributed by atoms with Gasteiger partial charge in [0.2, 0.25) is 12.1 Å². The smallest absolute Gasteiger partial charge is 0.226 e. The number of fused-ring (bicyclic) bond motifs is 1. The summed E-state index contributed by atoms with van der Waals surface area (Å²) in [4.78, 5) is 0. The van der Waals surface area contributed by atoms with Gasteiger partial charge >= 0.3 is 0 Å². The third-order valence-electron chi connectivity index (χ3n) is 4.89. The first-order valence-electron chi connectivity index (χ1n) is 8.88. The molecule has 30 heavy (non-hydrogen) atoms. The molecule has 0 radical (unpaired) electrons. The van der Waals surface area contributed by atoms with Crippen molar-refractivity contribution in [3.8, 4) is 6.07 Å². The molecule has 1 aromatic heterocycles. The predicted molar refractivity (Wildman–Crippen MR) is 97.7 cm³/mol. The molecule has 0 fully saturated rings. The lowest BCUT2D eigenvalue weighted by Gasteiger charge is -2.06. The number of halogens is 5. The molecule has 4 rings (SSSR count). The Bertz CT molecular complexity index is 1290. The van der Waals surface area contributed by atoms with Gasteiger partial charge in [-0.05, 0) is 18.2 Å². The molecule has 0 amide bonds. The van der Waals surface area contributed by atoms with Crippen molar-refractivity contribution in [1.82, 2.24) is 4.57 Å². The predicted octanol–water partition coefficient (Wildman–Crippen LogP) is 4.59. The maximum absolute atomic E-state index is 14.2. The Balaban J connectivity index is 1.82. The van der Waals surface area contributed by atoms with Crippen LogP contribution in [0.15, 0.2) is 54.9 Å². The molecule has 0 bridgehead atoms. The minimum absolute atomic E-state index is 0.286. The lowest BCUT2D eigenvalue weighted by molar-refractivity contribution is -0.663. The first-order valence-corrected chi connectivity index (χ1v) is 8.88. The van der Waals surface area contributed by atoms with Crippen molar-refractivity contribution in [1.29, 1.82) is 5.26 Å². The Morgan fingerprint density at radius 3 is 2.10 bits per heavy atom. The number of nitrogens with zero attached hydrogens (tertiary/aromatic N) is 3. The van der Waals surface area contributed by atoms with Crippen LogP contribution in [0.2, 0.25) is 0 Å². The summed E-state index contributed by atoms with van der Waals surface area (Å²) in [5.41, 5.74) is 1.49. The summed E-state index contributed by atoms with van der Waals surface area (Å²) in [6, 6.07) is 16.0. The van der Waals surface area contributed by atoms with Crippen LogP contribution >= 0.6 is 0 Å². The van der Waals surface area contributed by atoms with Gasteiger partial charge in [0.1, 0.15) is 13.1 Å². The molecular weight excluding hydrogens is 401 g/mol. The van der Waals surface area contributed by atoms with E-state index in [1.807, 2.05) is 0 Å². The number of nitriles is 1. The summed E-state index contributed by atoms with van der Waals surface area (Å²) >= 11 is 0. The van der Waals surface area contributed by atoms with E-state index >= 15 is 0 Å². The number of hydrogen-bond donors (Lipinski definition) is 0. The van der Waals surface area contributed by atoms with E-state index in [-0.39, 0.29) is 6.54 Å². The fourth-order valence-electron chi connectivity index (χ4n) is 3.40. The van der Waals surface area contributed by atoms with Crippen molar-refractivity contribution in [3.05, 3.63) is 101 Å². The average molecular weight is 414 g/mol. The van der Waals surface area contributed by atoms with Crippen LogP contribution < -0.4 is 4.57 Å². The summed E-state index contributed by atoms with van der Waals surface area (Å²) in [6.07, 6.45) is 1.52. The zero-order valence-electron chi connectivity index (χ0n) is 15.3. The Kier molecular flexibility index (Phi) is 4.96. The Labute approximate surface area is 167 Å². The van der Waals surface area contributed by atoms with Gasteiger partial charge in [0.25, 0.3) is 0 Å². The molecule has 0 unspecified atom stereocenters. The van der Waals surface area contributed by atoms with Gasteiger partial charge in [-0.25, -0.2) is 31.1 Å². The van der Waals surface area contributed by atoms with Crippen LogP contribution in [0.3, 0.4) is 0 Å². The van der Waals surface area contributed by atoms with E-state index in [1.165, 1.54) is 10.9 Å². The van der Waals surface area contributed by atoms with Gasteiger partial charge in [-0.3, -0.25) is 0 Å². The summed E-state index contributed by atoms with van der Waals surface area (Å²) < 4.78 is 72.0. The maximum Gasteiger partial charge on any atom is 0.245 e. The van der Waals surface area contributed by atoms with Crippen LogP contribution in [0.25, 0.3) is 11.0 Å². The molecule has 0 atom stereocenters. The largest absolute Gasteiger partial charge is 0.245 e. The maximum atomic E-state index is 14.2. The normalized spacial score (nSPS) is 11.1. The van der Waals surface area contributed by atoms with E-state index in [2.05, 4.69) is 6.07 Å². The third-order valence-corrected chi connectivity index (χ3v) is 4.89. The van der Waals surface area contributed by atoms with Gasteiger partial charge in [-0.1, -0.05) is 30.3 Å². The summed E-state index contributed by atoms with van der Waals surface area (Å²) in [6.45, 7) is -0.270. The summed E-state index contributed by atoms with van der Waals surface area (Å²) in [5.74, 6) is -9.85. The molecule has 0 saturated carbocycles. The minimum Gasteiger partial charge on any atom is -0.226 e. The fraction of sp³-hybridized carbons (Fsp3) is 0.0909. The molecule has 0 spiro atoms. The van der Waals surface area contributed by atoms with Crippen LogP contribution in [-0.2, 0) is 13.1 Å². The van der Waals surface area contributed by atoms with Gasteiger partial charge in [0, 0.05) is 5.56 Å². The molecule has 0 N–H and O–H groups in total. The van der Waals surface area contributed by atoms with Crippen LogP contribution in [0.5, 0.6) is 0 Å². The molecule has 0 aliphatic heterocycles. The van der Waals surface area contributed by atoms with Crippen molar-refractivity contribution in [2.75, 3.05) is 0 Å². The lowest BCUT2D eigenvalue weighted by Crippen LogP contribution is -2.33. The van der Waals surface area contributed by atoms with Gasteiger partial charge in [-0.15, -0.1) is 0 Å². The number of aromatic nitrogens is 2. The molecule has 150 valence electrons.